The van der Waals surface area contributed by atoms with Crippen LogP contribution in [0.4, 0.5) is 5.69 Å². The smallest absolute Gasteiger partial charge is 0.338 e. The molecular weight excluding hydrogens is 654 g/mol. The highest BCUT2D eigenvalue weighted by molar-refractivity contribution is 6.23. The fraction of sp³-hybridized carbons (Fsp3) is 0.357. The lowest BCUT2D eigenvalue weighted by Gasteiger charge is -2.32. The SMILES string of the molecule is O=C(CN1C=CN2C(=O)C(c3ccc(NC(=O)[C@@H]4CCCN4C(=O)CC4C=CC=CC4)cc3)=C3CC3C2=C1)C1CCC[N+]1=C(O)Cc1ccccc1. The number of aliphatic hydroxyl groups is 1. The van der Waals surface area contributed by atoms with Gasteiger partial charge >= 0.3 is 5.90 Å². The van der Waals surface area contributed by atoms with Crippen molar-refractivity contribution in [3.8, 4) is 0 Å². The summed E-state index contributed by atoms with van der Waals surface area (Å²) < 4.78 is 1.84. The van der Waals surface area contributed by atoms with Gasteiger partial charge in [-0.2, -0.15) is 4.58 Å². The first-order chi connectivity index (χ1) is 25.3. The largest absolute Gasteiger partial charge is 0.463 e. The molecule has 2 aliphatic carbocycles. The second-order valence-electron chi connectivity index (χ2n) is 14.6. The van der Waals surface area contributed by atoms with E-state index < -0.39 is 6.04 Å². The van der Waals surface area contributed by atoms with Crippen LogP contribution in [0.15, 0.2) is 109 Å². The number of nitrogens with zero attached hydrogens (tertiary/aromatic N) is 4. The Balaban J connectivity index is 0.897. The van der Waals surface area contributed by atoms with Gasteiger partial charge in [-0.3, -0.25) is 24.1 Å². The lowest BCUT2D eigenvalue weighted by molar-refractivity contribution is -0.539. The average Bonchev–Trinajstić information content (AvgIpc) is 3.52. The minimum atomic E-state index is -0.486. The van der Waals surface area contributed by atoms with E-state index in [4.69, 9.17) is 0 Å². The van der Waals surface area contributed by atoms with Gasteiger partial charge in [0.15, 0.2) is 0 Å². The van der Waals surface area contributed by atoms with E-state index >= 15 is 0 Å². The van der Waals surface area contributed by atoms with Gasteiger partial charge in [-0.25, -0.2) is 0 Å². The van der Waals surface area contributed by atoms with E-state index in [0.29, 0.717) is 50.0 Å². The lowest BCUT2D eigenvalue weighted by atomic mass is 9.96. The van der Waals surface area contributed by atoms with Gasteiger partial charge < -0.3 is 20.2 Å². The van der Waals surface area contributed by atoms with Gasteiger partial charge in [-0.05, 0) is 60.4 Å². The third-order valence-electron chi connectivity index (χ3n) is 11.1. The van der Waals surface area contributed by atoms with E-state index in [1.54, 1.807) is 22.2 Å². The van der Waals surface area contributed by atoms with Gasteiger partial charge in [-0.1, -0.05) is 66.8 Å². The highest BCUT2D eigenvalue weighted by atomic mass is 16.3. The Morgan fingerprint density at radius 1 is 0.962 bits per heavy atom. The molecule has 2 aromatic rings. The predicted octanol–water partition coefficient (Wildman–Crippen LogP) is 5.33. The number of carbonyl (C=O) groups is 4. The first kappa shape index (κ1) is 33.6. The third-order valence-corrected chi connectivity index (χ3v) is 11.1. The molecule has 4 atom stereocenters. The molecule has 3 fully saturated rings. The van der Waals surface area contributed by atoms with E-state index in [0.717, 1.165) is 48.1 Å². The summed E-state index contributed by atoms with van der Waals surface area (Å²) in [5.74, 6) is 0.261. The number of fused-ring (bicyclic) bond motifs is 3. The second kappa shape index (κ2) is 14.3. The van der Waals surface area contributed by atoms with Gasteiger partial charge in [0.1, 0.15) is 12.6 Å². The quantitative estimate of drug-likeness (QED) is 0.257. The van der Waals surface area contributed by atoms with Crippen molar-refractivity contribution in [2.75, 3.05) is 25.0 Å². The second-order valence-corrected chi connectivity index (χ2v) is 14.6. The Kier molecular flexibility index (Phi) is 9.21. The van der Waals surface area contributed by atoms with Crippen LogP contribution in [-0.4, -0.2) is 85.5 Å². The minimum absolute atomic E-state index is 0.0185. The maximum atomic E-state index is 13.8. The van der Waals surface area contributed by atoms with E-state index in [2.05, 4.69) is 17.5 Å². The Morgan fingerprint density at radius 3 is 2.58 bits per heavy atom. The molecule has 1 saturated carbocycles. The van der Waals surface area contributed by atoms with Gasteiger partial charge in [0.25, 0.3) is 5.91 Å². The first-order valence-corrected chi connectivity index (χ1v) is 18.5. The molecule has 0 aromatic heterocycles. The van der Waals surface area contributed by atoms with E-state index in [9.17, 15) is 24.3 Å². The maximum Gasteiger partial charge on any atom is 0.338 e. The number of aliphatic hydroxyl groups excluding tert-OH is 1. The summed E-state index contributed by atoms with van der Waals surface area (Å²) in [5, 5.41) is 13.9. The van der Waals surface area contributed by atoms with Crippen molar-refractivity contribution < 1.29 is 28.9 Å². The normalized spacial score (nSPS) is 25.6. The van der Waals surface area contributed by atoms with Crippen molar-refractivity contribution in [2.24, 2.45) is 11.8 Å². The molecule has 0 radical (unpaired) electrons. The number of likely N-dealkylation sites (tertiary alicyclic amines) is 1. The van der Waals surface area contributed by atoms with Crippen molar-refractivity contribution in [3.63, 3.8) is 0 Å². The van der Waals surface area contributed by atoms with Crippen LogP contribution >= 0.6 is 0 Å². The number of allylic oxidation sites excluding steroid dienone is 5. The number of nitrogens with one attached hydrogen (secondary N) is 1. The van der Waals surface area contributed by atoms with Crippen LogP contribution in [0, 0.1) is 11.8 Å². The zero-order chi connectivity index (χ0) is 35.8. The molecule has 4 heterocycles. The number of anilines is 1. The molecule has 3 amide bonds. The number of ketones is 1. The molecule has 6 aliphatic rings. The molecular formula is C42H44N5O5+. The molecule has 0 bridgehead atoms. The number of carbonyl (C=O) groups excluding carboxylic acids is 4. The molecule has 2 N–H and O–H groups in total. The van der Waals surface area contributed by atoms with Crippen LogP contribution < -0.4 is 5.32 Å². The number of benzene rings is 2. The van der Waals surface area contributed by atoms with Crippen molar-refractivity contribution in [3.05, 3.63) is 120 Å². The summed E-state index contributed by atoms with van der Waals surface area (Å²) in [6.07, 6.45) is 18.9. The number of hydrogen-bond donors (Lipinski definition) is 2. The molecule has 52 heavy (non-hydrogen) atoms. The first-order valence-electron chi connectivity index (χ1n) is 18.5. The Hall–Kier alpha value is -5.51. The molecule has 3 unspecified atom stereocenters. The fourth-order valence-electron chi connectivity index (χ4n) is 8.33. The Morgan fingerprint density at radius 2 is 1.79 bits per heavy atom. The topological polar surface area (TPSA) is 113 Å². The number of rotatable bonds is 10. The number of Topliss-reactive ketones (excluding diaryl/α,β-unsaturated/α-hetero) is 1. The highest BCUT2D eigenvalue weighted by Gasteiger charge is 2.48. The molecule has 0 spiro atoms. The zero-order valence-corrected chi connectivity index (χ0v) is 29.2. The van der Waals surface area contributed by atoms with Crippen molar-refractivity contribution in [1.82, 2.24) is 14.7 Å². The maximum absolute atomic E-state index is 13.8. The average molecular weight is 699 g/mol. The van der Waals surface area contributed by atoms with Crippen molar-refractivity contribution >= 4 is 40.7 Å². The number of hydrogen-bond acceptors (Lipinski definition) is 5. The summed E-state index contributed by atoms with van der Waals surface area (Å²) in [5.41, 5.74) is 5.05. The molecule has 2 saturated heterocycles. The molecule has 2 aromatic carbocycles. The third kappa shape index (κ3) is 6.77. The summed E-state index contributed by atoms with van der Waals surface area (Å²) >= 11 is 0. The van der Waals surface area contributed by atoms with Crippen LogP contribution in [0.2, 0.25) is 0 Å². The minimum Gasteiger partial charge on any atom is -0.463 e. The standard InChI is InChI=1S/C42H43N5O5/c48-37(34-13-7-19-45(34)38(49)23-28-9-3-1-4-10-28)27-44-21-22-47-36(26-44)32-25-33(32)40(42(47)52)30-15-17-31(18-16-30)43-41(51)35-14-8-20-46(35)39(50)24-29-11-5-2-6-12-29/h1-6,9-11,15-18,21-22,26,29,32,34-35H,7-8,12-14,19-20,23-25,27H2,(H,43,51)/p+1/t29?,32?,34?,35-/m0/s1. The Labute approximate surface area is 303 Å². The molecule has 10 heteroatoms. The van der Waals surface area contributed by atoms with Gasteiger partial charge in [0, 0.05) is 67.3 Å². The van der Waals surface area contributed by atoms with Crippen LogP contribution in [0.25, 0.3) is 5.57 Å². The highest BCUT2D eigenvalue weighted by Crippen LogP contribution is 2.54. The zero-order valence-electron chi connectivity index (χ0n) is 29.2. The van der Waals surface area contributed by atoms with Crippen molar-refractivity contribution in [1.29, 1.82) is 0 Å². The van der Waals surface area contributed by atoms with Gasteiger partial charge in [0.2, 0.25) is 23.6 Å². The monoisotopic (exact) mass is 698 g/mol. The molecule has 266 valence electrons. The van der Waals surface area contributed by atoms with E-state index in [1.807, 2.05) is 82.4 Å². The van der Waals surface area contributed by atoms with Crippen LogP contribution in [0.1, 0.15) is 56.1 Å². The van der Waals surface area contributed by atoms with E-state index in [-0.39, 0.29) is 53.8 Å². The molecule has 4 aliphatic heterocycles. The van der Waals surface area contributed by atoms with Gasteiger partial charge in [-0.15, -0.1) is 0 Å². The number of amides is 3. The molecule has 10 nitrogen and oxygen atoms in total. The summed E-state index contributed by atoms with van der Waals surface area (Å²) in [6.45, 7) is 1.41. The van der Waals surface area contributed by atoms with Gasteiger partial charge in [0.05, 0.1) is 13.0 Å². The predicted molar refractivity (Wildman–Crippen MR) is 198 cm³/mol. The Bertz CT molecular complexity index is 1970. The van der Waals surface area contributed by atoms with Crippen LogP contribution in [0.3, 0.4) is 0 Å². The van der Waals surface area contributed by atoms with Crippen molar-refractivity contribution in [2.45, 2.75) is 63.5 Å². The van der Waals surface area contributed by atoms with Crippen LogP contribution in [-0.2, 0) is 25.6 Å². The summed E-state index contributed by atoms with van der Waals surface area (Å²) in [6, 6.07) is 16.3. The van der Waals surface area contributed by atoms with Crippen LogP contribution in [0.5, 0.6) is 0 Å². The summed E-state index contributed by atoms with van der Waals surface area (Å²) in [4.78, 5) is 59.0. The lowest BCUT2D eigenvalue weighted by Crippen LogP contribution is -2.43. The molecule has 8 rings (SSSR count). The summed E-state index contributed by atoms with van der Waals surface area (Å²) in [7, 11) is 0. The van der Waals surface area contributed by atoms with E-state index in [1.165, 1.54) is 0 Å². The fourth-order valence-corrected chi connectivity index (χ4v) is 8.33.